The van der Waals surface area contributed by atoms with Gasteiger partial charge in [0.25, 0.3) is 5.56 Å². The predicted molar refractivity (Wildman–Crippen MR) is 100 cm³/mol. The van der Waals surface area contributed by atoms with Crippen molar-refractivity contribution in [3.63, 3.8) is 0 Å². The number of aromatic nitrogens is 5. The molecule has 1 N–H and O–H groups in total. The van der Waals surface area contributed by atoms with Crippen LogP contribution < -0.4 is 16.6 Å². The van der Waals surface area contributed by atoms with Crippen LogP contribution >= 0.6 is 0 Å². The van der Waals surface area contributed by atoms with E-state index in [1.165, 1.54) is 18.7 Å². The van der Waals surface area contributed by atoms with E-state index >= 15 is 0 Å². The molecule has 0 saturated heterocycles. The van der Waals surface area contributed by atoms with Gasteiger partial charge < -0.3 is 9.84 Å². The smallest absolute Gasteiger partial charge is 0.332 e. The number of hydrogen-bond donors (Lipinski definition) is 1. The van der Waals surface area contributed by atoms with Crippen LogP contribution in [0.2, 0.25) is 0 Å². The maximum absolute atomic E-state index is 12.3. The van der Waals surface area contributed by atoms with E-state index in [-0.39, 0.29) is 23.2 Å². The Morgan fingerprint density at radius 3 is 2.46 bits per heavy atom. The Labute approximate surface area is 160 Å². The molecule has 0 aliphatic heterocycles. The van der Waals surface area contributed by atoms with Crippen LogP contribution in [0.4, 0.5) is 5.82 Å². The van der Waals surface area contributed by atoms with E-state index in [2.05, 4.69) is 20.4 Å². The van der Waals surface area contributed by atoms with E-state index in [9.17, 15) is 14.9 Å². The summed E-state index contributed by atoms with van der Waals surface area (Å²) >= 11 is 0. The standard InChI is InChI=1S/C18H19N7O3/c1-10(2)13(16-22-14(23-28-16)11-5-7-20-8-6-11)21-15-12(9-19)17(26)25(4)18(27)24(15)3/h5-8,10,13,21H,1-4H3. The first kappa shape index (κ1) is 19.0. The summed E-state index contributed by atoms with van der Waals surface area (Å²) < 4.78 is 7.52. The second-order valence-corrected chi connectivity index (χ2v) is 6.60. The number of anilines is 1. The summed E-state index contributed by atoms with van der Waals surface area (Å²) in [5, 5.41) is 16.5. The minimum atomic E-state index is -0.668. The lowest BCUT2D eigenvalue weighted by Gasteiger charge is -2.22. The van der Waals surface area contributed by atoms with Crippen LogP contribution in [-0.2, 0) is 14.1 Å². The quantitative estimate of drug-likeness (QED) is 0.697. The van der Waals surface area contributed by atoms with Crippen molar-refractivity contribution in [1.29, 1.82) is 5.26 Å². The summed E-state index contributed by atoms with van der Waals surface area (Å²) in [7, 11) is 2.81. The highest BCUT2D eigenvalue weighted by atomic mass is 16.5. The third-order valence-corrected chi connectivity index (χ3v) is 4.38. The fourth-order valence-corrected chi connectivity index (χ4v) is 2.75. The molecule has 0 aromatic carbocycles. The van der Waals surface area contributed by atoms with Gasteiger partial charge in [0.1, 0.15) is 17.9 Å². The van der Waals surface area contributed by atoms with Crippen LogP contribution in [0, 0.1) is 17.2 Å². The summed E-state index contributed by atoms with van der Waals surface area (Å²) in [6.45, 7) is 3.83. The molecule has 0 aliphatic rings. The molecule has 0 radical (unpaired) electrons. The Kier molecular flexibility index (Phi) is 5.08. The van der Waals surface area contributed by atoms with Crippen molar-refractivity contribution < 1.29 is 4.52 Å². The zero-order valence-electron chi connectivity index (χ0n) is 15.9. The van der Waals surface area contributed by atoms with Crippen LogP contribution in [0.1, 0.15) is 31.3 Å². The summed E-state index contributed by atoms with van der Waals surface area (Å²) in [5.74, 6) is 0.733. The minimum absolute atomic E-state index is 0.0450. The first-order valence-corrected chi connectivity index (χ1v) is 8.55. The lowest BCUT2D eigenvalue weighted by Crippen LogP contribution is -2.40. The molecule has 0 amide bonds. The van der Waals surface area contributed by atoms with Crippen LogP contribution in [0.15, 0.2) is 38.6 Å². The van der Waals surface area contributed by atoms with Gasteiger partial charge in [-0.1, -0.05) is 19.0 Å². The Morgan fingerprint density at radius 2 is 1.86 bits per heavy atom. The molecule has 1 atom stereocenters. The summed E-state index contributed by atoms with van der Waals surface area (Å²) in [6, 6.07) is 4.86. The molecular formula is C18H19N7O3. The van der Waals surface area contributed by atoms with E-state index in [1.807, 2.05) is 19.9 Å². The fourth-order valence-electron chi connectivity index (χ4n) is 2.75. The van der Waals surface area contributed by atoms with E-state index in [0.717, 1.165) is 10.1 Å². The highest BCUT2D eigenvalue weighted by Crippen LogP contribution is 2.27. The summed E-state index contributed by atoms with van der Waals surface area (Å²) in [6.07, 6.45) is 3.25. The van der Waals surface area contributed by atoms with Gasteiger partial charge in [0.05, 0.1) is 0 Å². The fraction of sp³-hybridized carbons (Fsp3) is 0.333. The number of nitriles is 1. The Bertz CT molecular complexity index is 1150. The van der Waals surface area contributed by atoms with Crippen LogP contribution in [0.5, 0.6) is 0 Å². The molecule has 0 bridgehead atoms. The van der Waals surface area contributed by atoms with Gasteiger partial charge in [0, 0.05) is 32.1 Å². The van der Waals surface area contributed by atoms with Gasteiger partial charge in [0.2, 0.25) is 11.7 Å². The number of nitrogens with zero attached hydrogens (tertiary/aromatic N) is 6. The molecule has 28 heavy (non-hydrogen) atoms. The van der Waals surface area contributed by atoms with Gasteiger partial charge in [-0.05, 0) is 18.1 Å². The Balaban J connectivity index is 2.05. The largest absolute Gasteiger partial charge is 0.358 e. The third kappa shape index (κ3) is 3.29. The van der Waals surface area contributed by atoms with Gasteiger partial charge >= 0.3 is 5.69 Å². The van der Waals surface area contributed by atoms with Gasteiger partial charge in [0.15, 0.2) is 5.56 Å². The molecule has 0 fully saturated rings. The Morgan fingerprint density at radius 1 is 1.18 bits per heavy atom. The predicted octanol–water partition coefficient (Wildman–Crippen LogP) is 1.21. The lowest BCUT2D eigenvalue weighted by molar-refractivity contribution is 0.335. The first-order valence-electron chi connectivity index (χ1n) is 8.55. The number of rotatable bonds is 5. The Hall–Kier alpha value is -3.74. The molecule has 0 saturated carbocycles. The summed E-state index contributed by atoms with van der Waals surface area (Å²) in [5.41, 5.74) is -0.633. The molecule has 3 aromatic heterocycles. The average molecular weight is 381 g/mol. The van der Waals surface area contributed by atoms with Crippen LogP contribution in [0.3, 0.4) is 0 Å². The second-order valence-electron chi connectivity index (χ2n) is 6.60. The monoisotopic (exact) mass is 381 g/mol. The van der Waals surface area contributed by atoms with E-state index in [4.69, 9.17) is 4.52 Å². The van der Waals surface area contributed by atoms with Crippen molar-refractivity contribution in [3.05, 3.63) is 56.8 Å². The van der Waals surface area contributed by atoms with Crippen LogP contribution in [0.25, 0.3) is 11.4 Å². The highest BCUT2D eigenvalue weighted by Gasteiger charge is 2.26. The van der Waals surface area contributed by atoms with Gasteiger partial charge in [-0.25, -0.2) is 4.79 Å². The highest BCUT2D eigenvalue weighted by molar-refractivity contribution is 5.54. The molecule has 0 spiro atoms. The number of pyridine rings is 1. The molecule has 1 unspecified atom stereocenters. The molecular weight excluding hydrogens is 362 g/mol. The molecule has 0 aliphatic carbocycles. The topological polar surface area (TPSA) is 132 Å². The van der Waals surface area contributed by atoms with E-state index in [0.29, 0.717) is 5.82 Å². The van der Waals surface area contributed by atoms with Gasteiger partial charge in [-0.15, -0.1) is 0 Å². The van der Waals surface area contributed by atoms with E-state index < -0.39 is 17.3 Å². The summed E-state index contributed by atoms with van der Waals surface area (Å²) in [4.78, 5) is 33.0. The molecule has 3 aromatic rings. The van der Waals surface area contributed by atoms with Crippen molar-refractivity contribution in [3.8, 4) is 17.5 Å². The first-order chi connectivity index (χ1) is 13.3. The second kappa shape index (κ2) is 7.48. The molecule has 3 heterocycles. The molecule has 10 heteroatoms. The average Bonchev–Trinajstić information content (AvgIpc) is 3.18. The zero-order chi connectivity index (χ0) is 20.4. The van der Waals surface area contributed by atoms with Gasteiger partial charge in [-0.3, -0.25) is 18.9 Å². The maximum Gasteiger partial charge on any atom is 0.332 e. The maximum atomic E-state index is 12.3. The number of nitrogens with one attached hydrogen (secondary N) is 1. The SMILES string of the molecule is CC(C)C(Nc1c(C#N)c(=O)n(C)c(=O)n1C)c1nc(-c2ccncc2)no1. The lowest BCUT2D eigenvalue weighted by atomic mass is 10.0. The number of hydrogen-bond acceptors (Lipinski definition) is 8. The third-order valence-electron chi connectivity index (χ3n) is 4.38. The van der Waals surface area contributed by atoms with Crippen molar-refractivity contribution >= 4 is 5.82 Å². The van der Waals surface area contributed by atoms with E-state index in [1.54, 1.807) is 24.5 Å². The van der Waals surface area contributed by atoms with Crippen molar-refractivity contribution in [1.82, 2.24) is 24.3 Å². The molecule has 3 rings (SSSR count). The van der Waals surface area contributed by atoms with Gasteiger partial charge in [-0.2, -0.15) is 10.2 Å². The van der Waals surface area contributed by atoms with Crippen molar-refractivity contribution in [2.45, 2.75) is 19.9 Å². The van der Waals surface area contributed by atoms with Crippen LogP contribution in [-0.4, -0.2) is 24.3 Å². The minimum Gasteiger partial charge on any atom is -0.358 e. The normalized spacial score (nSPS) is 12.0. The molecule has 144 valence electrons. The van der Waals surface area contributed by atoms with Crippen molar-refractivity contribution in [2.75, 3.05) is 5.32 Å². The molecule has 10 nitrogen and oxygen atoms in total. The zero-order valence-corrected chi connectivity index (χ0v) is 15.9. The van der Waals surface area contributed by atoms with Crippen molar-refractivity contribution in [2.24, 2.45) is 20.0 Å².